The molecule has 0 saturated carbocycles. The maximum atomic E-state index is 2.81. The Labute approximate surface area is 284 Å². The number of rotatable bonds is 6. The molecular formula is C44H52HfSi. The molecule has 0 radical (unpaired) electrons. The van der Waals surface area contributed by atoms with Gasteiger partial charge in [-0.1, -0.05) is 0 Å². The minimum absolute atomic E-state index is 0.551. The SMILES string of the molecule is CC(C)c1ccc(-c2cccc3c2C=C2[CH]3[Hf]([CH3])([CH3])[CH]3C(=Cc4c(-c5ccc(C(C)C)cc5)cccc43)[Si]2(C(C)C)C(C)C)cc1. The van der Waals surface area contributed by atoms with Crippen LogP contribution in [-0.4, -0.2) is 8.07 Å². The molecule has 4 aromatic carbocycles. The normalized spacial score (nSPS) is 20.5. The molecule has 2 atom stereocenters. The van der Waals surface area contributed by atoms with Crippen molar-refractivity contribution in [3.05, 3.63) is 129 Å². The molecule has 0 amide bonds. The molecule has 46 heavy (non-hydrogen) atoms. The zero-order valence-corrected chi connectivity index (χ0v) is 34.3. The Morgan fingerprint density at radius 1 is 0.500 bits per heavy atom. The van der Waals surface area contributed by atoms with Crippen LogP contribution in [0.2, 0.25) is 20.4 Å². The van der Waals surface area contributed by atoms with Crippen LogP contribution >= 0.6 is 0 Å². The molecule has 7 rings (SSSR count). The van der Waals surface area contributed by atoms with Crippen LogP contribution in [0.15, 0.2) is 95.3 Å². The molecule has 236 valence electrons. The Morgan fingerprint density at radius 3 is 1.20 bits per heavy atom. The number of hydrogen-bond acceptors (Lipinski definition) is 0. The fourth-order valence-corrected chi connectivity index (χ4v) is 42.8. The van der Waals surface area contributed by atoms with Crippen molar-refractivity contribution in [2.45, 2.75) is 95.0 Å². The third-order valence-corrected chi connectivity index (χ3v) is 35.8. The van der Waals surface area contributed by atoms with E-state index in [1.54, 1.807) is 11.1 Å². The van der Waals surface area contributed by atoms with Gasteiger partial charge < -0.3 is 0 Å². The van der Waals surface area contributed by atoms with Crippen molar-refractivity contribution in [2.24, 2.45) is 0 Å². The molecule has 4 aromatic rings. The van der Waals surface area contributed by atoms with Crippen molar-refractivity contribution in [3.8, 4) is 22.3 Å². The summed E-state index contributed by atoms with van der Waals surface area (Å²) in [7, 11) is -2.10. The van der Waals surface area contributed by atoms with E-state index < -0.39 is 28.0 Å². The van der Waals surface area contributed by atoms with Crippen molar-refractivity contribution < 1.29 is 20.0 Å². The van der Waals surface area contributed by atoms with Crippen LogP contribution in [0.3, 0.4) is 0 Å². The van der Waals surface area contributed by atoms with Crippen LogP contribution in [0.25, 0.3) is 34.4 Å². The van der Waals surface area contributed by atoms with Crippen molar-refractivity contribution in [1.82, 2.24) is 0 Å². The Hall–Kier alpha value is -2.55. The van der Waals surface area contributed by atoms with Gasteiger partial charge in [-0.05, 0) is 0 Å². The molecule has 1 heterocycles. The van der Waals surface area contributed by atoms with E-state index in [9.17, 15) is 0 Å². The summed E-state index contributed by atoms with van der Waals surface area (Å²) in [5.41, 5.74) is 16.1. The van der Waals surface area contributed by atoms with Gasteiger partial charge in [0.1, 0.15) is 0 Å². The molecule has 0 spiro atoms. The molecule has 1 saturated heterocycles. The molecule has 0 nitrogen and oxygen atoms in total. The third kappa shape index (κ3) is 4.60. The molecule has 1 aliphatic heterocycles. The van der Waals surface area contributed by atoms with E-state index in [0.717, 1.165) is 0 Å². The molecule has 0 N–H and O–H groups in total. The van der Waals surface area contributed by atoms with Gasteiger partial charge in [-0.3, -0.25) is 0 Å². The Balaban J connectivity index is 1.45. The topological polar surface area (TPSA) is 0 Å². The number of fused-ring (bicyclic) bond motifs is 6. The van der Waals surface area contributed by atoms with E-state index in [0.29, 0.717) is 30.3 Å². The minimum atomic E-state index is -3.12. The van der Waals surface area contributed by atoms with Crippen molar-refractivity contribution in [1.29, 1.82) is 0 Å². The van der Waals surface area contributed by atoms with Gasteiger partial charge >= 0.3 is 286 Å². The summed E-state index contributed by atoms with van der Waals surface area (Å²) in [4.78, 5) is 0. The second-order valence-electron chi connectivity index (χ2n) is 16.2. The predicted molar refractivity (Wildman–Crippen MR) is 201 cm³/mol. The van der Waals surface area contributed by atoms with E-state index in [-0.39, 0.29) is 0 Å². The van der Waals surface area contributed by atoms with Gasteiger partial charge in [0.05, 0.1) is 0 Å². The Bertz CT molecular complexity index is 1730. The van der Waals surface area contributed by atoms with E-state index >= 15 is 0 Å². The summed E-state index contributed by atoms with van der Waals surface area (Å²) in [6.07, 6.45) is 5.54. The van der Waals surface area contributed by atoms with E-state index in [1.807, 2.05) is 10.4 Å². The Morgan fingerprint density at radius 2 is 0.870 bits per heavy atom. The summed E-state index contributed by atoms with van der Waals surface area (Å²) in [5.74, 6) is 1.10. The van der Waals surface area contributed by atoms with Gasteiger partial charge in [0, 0.05) is 0 Å². The predicted octanol–water partition coefficient (Wildman–Crippen LogP) is 13.5. The van der Waals surface area contributed by atoms with Crippen LogP contribution in [-0.2, 0) is 20.0 Å². The second-order valence-corrected chi connectivity index (χ2v) is 38.7. The standard InChI is InChI=1S/C42H46Si.2CH3.Hf/c1-27(2)31-15-19-33(20-16-31)39-13-9-11-35-23-37(25-41(35)39)43(29(5)6,30(7)8)38-24-36-12-10-14-40(42(36)26-38)34-21-17-32(18-22-34)28(3)4;;;/h9-30H,1-8H3;2*1H3;. The van der Waals surface area contributed by atoms with E-state index in [1.165, 1.54) is 44.5 Å². The zero-order valence-electron chi connectivity index (χ0n) is 29.7. The summed E-state index contributed by atoms with van der Waals surface area (Å²) >= 11 is -3.12. The van der Waals surface area contributed by atoms with Crippen LogP contribution in [0.4, 0.5) is 0 Å². The molecule has 2 unspecified atom stereocenters. The van der Waals surface area contributed by atoms with Gasteiger partial charge in [0.2, 0.25) is 0 Å². The number of hydrogen-bond donors (Lipinski definition) is 0. The first kappa shape index (κ1) is 32.0. The molecular weight excluding hydrogens is 735 g/mol. The van der Waals surface area contributed by atoms with Crippen LogP contribution in [0.5, 0.6) is 0 Å². The summed E-state index contributed by atoms with van der Waals surface area (Å²) < 4.78 is 6.91. The first-order valence-electron chi connectivity index (χ1n) is 17.8. The molecule has 0 bridgehead atoms. The van der Waals surface area contributed by atoms with Gasteiger partial charge in [-0.2, -0.15) is 0 Å². The monoisotopic (exact) mass is 788 g/mol. The maximum absolute atomic E-state index is 3.12. The van der Waals surface area contributed by atoms with Crippen LogP contribution in [0.1, 0.15) is 108 Å². The van der Waals surface area contributed by atoms with Crippen LogP contribution < -0.4 is 0 Å². The average Bonchev–Trinajstić information content (AvgIpc) is 3.62. The molecule has 2 aliphatic carbocycles. The van der Waals surface area contributed by atoms with Gasteiger partial charge in [-0.15, -0.1) is 0 Å². The second kappa shape index (κ2) is 11.6. The van der Waals surface area contributed by atoms with Crippen molar-refractivity contribution in [2.75, 3.05) is 0 Å². The van der Waals surface area contributed by atoms with E-state index in [2.05, 4.69) is 162 Å². The number of benzene rings is 4. The first-order chi connectivity index (χ1) is 21.9. The Kier molecular flexibility index (Phi) is 8.04. The van der Waals surface area contributed by atoms with Gasteiger partial charge in [0.15, 0.2) is 0 Å². The van der Waals surface area contributed by atoms with E-state index in [4.69, 9.17) is 0 Å². The molecule has 0 aromatic heterocycles. The number of allylic oxidation sites excluding steroid dienone is 2. The third-order valence-electron chi connectivity index (χ3n) is 12.2. The van der Waals surface area contributed by atoms with Gasteiger partial charge in [0.25, 0.3) is 0 Å². The summed E-state index contributed by atoms with van der Waals surface area (Å²) in [6.45, 7) is 19.4. The molecule has 3 aliphatic rings. The average molecular weight is 787 g/mol. The molecule has 1 fully saturated rings. The van der Waals surface area contributed by atoms with Gasteiger partial charge in [-0.25, -0.2) is 0 Å². The fourth-order valence-electron chi connectivity index (χ4n) is 10.1. The van der Waals surface area contributed by atoms with Crippen LogP contribution in [0, 0.1) is 0 Å². The summed E-state index contributed by atoms with van der Waals surface area (Å²) in [6, 6.07) is 33.4. The quantitative estimate of drug-likeness (QED) is 0.171. The van der Waals surface area contributed by atoms with Crippen molar-refractivity contribution in [3.63, 3.8) is 0 Å². The summed E-state index contributed by atoms with van der Waals surface area (Å²) in [5, 5.41) is 3.76. The fraction of sp³-hybridized carbons (Fsp3) is 0.364. The van der Waals surface area contributed by atoms with Crippen molar-refractivity contribution >= 4 is 20.2 Å². The zero-order chi connectivity index (χ0) is 32.7. The first-order valence-corrected chi connectivity index (χ1v) is 31.3. The molecule has 2 heteroatoms.